The first kappa shape index (κ1) is 9.85. The Morgan fingerprint density at radius 2 is 2.09 bits per heavy atom. The van der Waals surface area contributed by atoms with Crippen LogP contribution in [0.3, 0.4) is 0 Å². The Morgan fingerprint density at radius 3 is 2.55 bits per heavy atom. The molecule has 0 aliphatic rings. The van der Waals surface area contributed by atoms with E-state index in [2.05, 4.69) is 10.7 Å². The van der Waals surface area contributed by atoms with Gasteiger partial charge in [0.1, 0.15) is 0 Å². The molecular formula is C9H14N2. The smallest absolute Gasteiger partial charge is 0.0626 e. The van der Waals surface area contributed by atoms with Crippen molar-refractivity contribution < 1.29 is 0 Å². The first-order valence-corrected chi connectivity index (χ1v) is 3.55. The lowest BCUT2D eigenvalue weighted by Crippen LogP contribution is -1.74. The van der Waals surface area contributed by atoms with Gasteiger partial charge in [0.25, 0.3) is 0 Å². The van der Waals surface area contributed by atoms with Gasteiger partial charge in [-0.05, 0) is 32.2 Å². The maximum Gasteiger partial charge on any atom is 0.0626 e. The van der Waals surface area contributed by atoms with Crippen molar-refractivity contribution in [1.82, 2.24) is 4.98 Å². The third kappa shape index (κ3) is 4.28. The second kappa shape index (κ2) is 6.96. The van der Waals surface area contributed by atoms with Gasteiger partial charge in [-0.3, -0.25) is 4.98 Å². The number of aromatic nitrogens is 1. The van der Waals surface area contributed by atoms with Crippen molar-refractivity contribution in [3.8, 4) is 0 Å². The van der Waals surface area contributed by atoms with Gasteiger partial charge in [-0.2, -0.15) is 0 Å². The summed E-state index contributed by atoms with van der Waals surface area (Å²) in [4.78, 5) is 4.08. The van der Waals surface area contributed by atoms with Crippen LogP contribution >= 0.6 is 0 Å². The standard InChI is InChI=1S/C8H9N.CH5N/c1-2-5-8-6-3-4-7-9-8;1-2/h2-7H,1H3;2H2,1H3/b5-2-;. The van der Waals surface area contributed by atoms with E-state index in [1.165, 1.54) is 7.05 Å². The van der Waals surface area contributed by atoms with Crippen molar-refractivity contribution >= 4 is 6.08 Å². The average Bonchev–Trinajstić information content (AvgIpc) is 2.11. The van der Waals surface area contributed by atoms with E-state index in [4.69, 9.17) is 0 Å². The van der Waals surface area contributed by atoms with Gasteiger partial charge in [0.05, 0.1) is 5.69 Å². The third-order valence-electron chi connectivity index (χ3n) is 1.03. The largest absolute Gasteiger partial charge is 0.333 e. The minimum atomic E-state index is 1.01. The van der Waals surface area contributed by atoms with E-state index >= 15 is 0 Å². The number of hydrogen-bond acceptors (Lipinski definition) is 2. The van der Waals surface area contributed by atoms with Gasteiger partial charge in [0.15, 0.2) is 0 Å². The van der Waals surface area contributed by atoms with Gasteiger partial charge < -0.3 is 5.73 Å². The van der Waals surface area contributed by atoms with Crippen molar-refractivity contribution in [2.45, 2.75) is 6.92 Å². The third-order valence-corrected chi connectivity index (χ3v) is 1.03. The number of nitrogens with zero attached hydrogens (tertiary/aromatic N) is 1. The minimum Gasteiger partial charge on any atom is -0.333 e. The fourth-order valence-corrected chi connectivity index (χ4v) is 0.645. The Kier molecular flexibility index (Phi) is 6.24. The molecular weight excluding hydrogens is 136 g/mol. The zero-order valence-corrected chi connectivity index (χ0v) is 6.99. The van der Waals surface area contributed by atoms with Crippen LogP contribution in [0.5, 0.6) is 0 Å². The molecule has 0 atom stereocenters. The van der Waals surface area contributed by atoms with Crippen molar-refractivity contribution in [2.75, 3.05) is 7.05 Å². The molecule has 0 bridgehead atoms. The molecule has 0 aliphatic heterocycles. The zero-order chi connectivity index (χ0) is 8.53. The Bertz CT molecular complexity index is 192. The van der Waals surface area contributed by atoms with Gasteiger partial charge in [-0.15, -0.1) is 0 Å². The zero-order valence-electron chi connectivity index (χ0n) is 6.99. The molecule has 0 amide bonds. The van der Waals surface area contributed by atoms with Crippen LogP contribution in [0.15, 0.2) is 30.5 Å². The summed E-state index contributed by atoms with van der Waals surface area (Å²) in [6.45, 7) is 1.98. The van der Waals surface area contributed by atoms with Crippen LogP contribution in [0.25, 0.3) is 6.08 Å². The molecule has 1 aromatic rings. The second-order valence-corrected chi connectivity index (χ2v) is 1.75. The maximum atomic E-state index is 4.50. The lowest BCUT2D eigenvalue weighted by Gasteiger charge is -1.86. The summed E-state index contributed by atoms with van der Waals surface area (Å²) >= 11 is 0. The average molecular weight is 150 g/mol. The summed E-state index contributed by atoms with van der Waals surface area (Å²) in [5, 5.41) is 0. The maximum absolute atomic E-state index is 4.50. The van der Waals surface area contributed by atoms with Crippen LogP contribution in [0, 0.1) is 0 Å². The molecule has 0 saturated heterocycles. The van der Waals surface area contributed by atoms with Crippen molar-refractivity contribution in [3.05, 3.63) is 36.2 Å². The highest BCUT2D eigenvalue weighted by Crippen LogP contribution is 1.94. The van der Waals surface area contributed by atoms with Crippen LogP contribution in [-0.4, -0.2) is 12.0 Å². The van der Waals surface area contributed by atoms with E-state index in [9.17, 15) is 0 Å². The monoisotopic (exact) mass is 150 g/mol. The summed E-state index contributed by atoms with van der Waals surface area (Å²) in [6, 6.07) is 5.86. The SMILES string of the molecule is C/C=C\c1ccccn1.CN. The Hall–Kier alpha value is -1.15. The van der Waals surface area contributed by atoms with Crippen molar-refractivity contribution in [1.29, 1.82) is 0 Å². The molecule has 0 unspecified atom stereocenters. The van der Waals surface area contributed by atoms with Crippen molar-refractivity contribution in [3.63, 3.8) is 0 Å². The number of nitrogens with two attached hydrogens (primary N) is 1. The molecule has 1 aromatic heterocycles. The molecule has 11 heavy (non-hydrogen) atoms. The highest BCUT2D eigenvalue weighted by atomic mass is 14.6. The van der Waals surface area contributed by atoms with E-state index in [0.717, 1.165) is 5.69 Å². The quantitative estimate of drug-likeness (QED) is 0.661. The molecule has 0 saturated carbocycles. The van der Waals surface area contributed by atoms with Crippen LogP contribution in [0.2, 0.25) is 0 Å². The molecule has 0 spiro atoms. The molecule has 0 aromatic carbocycles. The Morgan fingerprint density at radius 1 is 1.36 bits per heavy atom. The van der Waals surface area contributed by atoms with Gasteiger partial charge in [0, 0.05) is 6.20 Å². The molecule has 2 N–H and O–H groups in total. The second-order valence-electron chi connectivity index (χ2n) is 1.75. The molecule has 0 aliphatic carbocycles. The number of hydrogen-bond donors (Lipinski definition) is 1. The van der Waals surface area contributed by atoms with Gasteiger partial charge in [0.2, 0.25) is 0 Å². The topological polar surface area (TPSA) is 38.9 Å². The first-order chi connectivity index (χ1) is 5.43. The predicted octanol–water partition coefficient (Wildman–Crippen LogP) is 1.69. The predicted molar refractivity (Wildman–Crippen MR) is 49.1 cm³/mol. The lowest BCUT2D eigenvalue weighted by molar-refractivity contribution is 1.29. The summed E-state index contributed by atoms with van der Waals surface area (Å²) in [6.07, 6.45) is 5.73. The minimum absolute atomic E-state index is 1.01. The highest BCUT2D eigenvalue weighted by Gasteiger charge is 1.79. The van der Waals surface area contributed by atoms with Crippen molar-refractivity contribution in [2.24, 2.45) is 5.73 Å². The summed E-state index contributed by atoms with van der Waals surface area (Å²) in [5.74, 6) is 0. The molecule has 60 valence electrons. The van der Waals surface area contributed by atoms with E-state index in [1.807, 2.05) is 37.3 Å². The summed E-state index contributed by atoms with van der Waals surface area (Å²) < 4.78 is 0. The van der Waals surface area contributed by atoms with Gasteiger partial charge >= 0.3 is 0 Å². The Labute approximate surface area is 67.8 Å². The molecule has 1 rings (SSSR count). The van der Waals surface area contributed by atoms with Crippen LogP contribution in [0.1, 0.15) is 12.6 Å². The molecule has 0 radical (unpaired) electrons. The summed E-state index contributed by atoms with van der Waals surface area (Å²) in [5.41, 5.74) is 5.51. The highest BCUT2D eigenvalue weighted by molar-refractivity contribution is 5.42. The number of pyridine rings is 1. The van der Waals surface area contributed by atoms with Gasteiger partial charge in [-0.25, -0.2) is 0 Å². The number of rotatable bonds is 1. The van der Waals surface area contributed by atoms with Crippen LogP contribution < -0.4 is 5.73 Å². The first-order valence-electron chi connectivity index (χ1n) is 3.55. The molecule has 2 heteroatoms. The van der Waals surface area contributed by atoms with Gasteiger partial charge in [-0.1, -0.05) is 12.1 Å². The molecule has 0 fully saturated rings. The normalized spacial score (nSPS) is 9.00. The number of allylic oxidation sites excluding steroid dienone is 1. The van der Waals surface area contributed by atoms with E-state index in [1.54, 1.807) is 6.20 Å². The summed E-state index contributed by atoms with van der Waals surface area (Å²) in [7, 11) is 1.50. The van der Waals surface area contributed by atoms with Crippen LogP contribution in [-0.2, 0) is 0 Å². The molecule has 2 nitrogen and oxygen atoms in total. The van der Waals surface area contributed by atoms with E-state index < -0.39 is 0 Å². The fraction of sp³-hybridized carbons (Fsp3) is 0.222. The Balaban J connectivity index is 0.000000461. The molecule has 1 heterocycles. The fourth-order valence-electron chi connectivity index (χ4n) is 0.645. The van der Waals surface area contributed by atoms with E-state index in [-0.39, 0.29) is 0 Å². The lowest BCUT2D eigenvalue weighted by atomic mass is 10.3. The van der Waals surface area contributed by atoms with E-state index in [0.29, 0.717) is 0 Å². The van der Waals surface area contributed by atoms with Crippen LogP contribution in [0.4, 0.5) is 0 Å².